The molecule has 2 N–H and O–H groups in total. The molecule has 0 amide bonds. The predicted octanol–water partition coefficient (Wildman–Crippen LogP) is 2.53. The van der Waals surface area contributed by atoms with Crippen LogP contribution in [0.25, 0.3) is 0 Å². The summed E-state index contributed by atoms with van der Waals surface area (Å²) in [6.45, 7) is 6.77. The lowest BCUT2D eigenvalue weighted by Crippen LogP contribution is -2.40. The van der Waals surface area contributed by atoms with Gasteiger partial charge in [-0.1, -0.05) is 15.9 Å². The van der Waals surface area contributed by atoms with Crippen molar-refractivity contribution in [2.24, 2.45) is 0 Å². The Kier molecular flexibility index (Phi) is 4.44. The first-order valence-electron chi connectivity index (χ1n) is 5.51. The van der Waals surface area contributed by atoms with E-state index < -0.39 is 21.5 Å². The van der Waals surface area contributed by atoms with E-state index in [1.54, 1.807) is 27.7 Å². The number of hydrogen-bond acceptors (Lipinski definition) is 3. The van der Waals surface area contributed by atoms with Crippen LogP contribution in [0, 0.1) is 6.92 Å². The van der Waals surface area contributed by atoms with Gasteiger partial charge in [-0.25, -0.2) is 17.9 Å². The Labute approximate surface area is 121 Å². The molecule has 0 saturated heterocycles. The molecule has 0 aliphatic rings. The molecule has 0 aromatic heterocycles. The Hall–Kier alpha value is -0.920. The Morgan fingerprint density at radius 3 is 2.26 bits per heavy atom. The van der Waals surface area contributed by atoms with Crippen LogP contribution in [0.15, 0.2) is 21.5 Å². The van der Waals surface area contributed by atoms with Gasteiger partial charge in [-0.3, -0.25) is 0 Å². The first-order chi connectivity index (χ1) is 8.44. The molecule has 106 valence electrons. The minimum atomic E-state index is -3.77. The van der Waals surface area contributed by atoms with E-state index in [2.05, 4.69) is 20.7 Å². The monoisotopic (exact) mass is 349 g/mol. The molecule has 0 spiro atoms. The molecule has 19 heavy (non-hydrogen) atoms. The fourth-order valence-corrected chi connectivity index (χ4v) is 3.82. The van der Waals surface area contributed by atoms with Gasteiger partial charge in [0.15, 0.2) is 0 Å². The largest absolute Gasteiger partial charge is 0.478 e. The summed E-state index contributed by atoms with van der Waals surface area (Å²) in [4.78, 5) is 11.0. The number of hydrogen-bond donors (Lipinski definition) is 2. The van der Waals surface area contributed by atoms with Gasteiger partial charge >= 0.3 is 5.97 Å². The van der Waals surface area contributed by atoms with Gasteiger partial charge in [0.2, 0.25) is 10.0 Å². The number of carbonyl (C=O) groups is 1. The molecule has 0 saturated carbocycles. The average Bonchev–Trinajstić information content (AvgIpc) is 2.17. The summed E-state index contributed by atoms with van der Waals surface area (Å²) in [6, 6.07) is 2.55. The molecule has 0 aliphatic heterocycles. The molecule has 0 atom stereocenters. The summed E-state index contributed by atoms with van der Waals surface area (Å²) in [5, 5.41) is 8.99. The molecule has 1 aromatic rings. The van der Waals surface area contributed by atoms with E-state index in [9.17, 15) is 13.2 Å². The third-order valence-corrected chi connectivity index (χ3v) is 4.98. The summed E-state index contributed by atoms with van der Waals surface area (Å²) in [7, 11) is -3.77. The number of halogens is 1. The highest BCUT2D eigenvalue weighted by Gasteiger charge is 2.25. The summed E-state index contributed by atoms with van der Waals surface area (Å²) in [6.07, 6.45) is 0. The first-order valence-corrected chi connectivity index (χ1v) is 7.79. The fraction of sp³-hybridized carbons (Fsp3) is 0.417. The summed E-state index contributed by atoms with van der Waals surface area (Å²) in [5.74, 6) is -1.17. The molecular formula is C12H16BrNO4S. The van der Waals surface area contributed by atoms with E-state index in [0.29, 0.717) is 10.0 Å². The smallest absolute Gasteiger partial charge is 0.335 e. The van der Waals surface area contributed by atoms with Crippen LogP contribution in [0.5, 0.6) is 0 Å². The van der Waals surface area contributed by atoms with Crippen molar-refractivity contribution < 1.29 is 18.3 Å². The van der Waals surface area contributed by atoms with Crippen LogP contribution < -0.4 is 4.72 Å². The van der Waals surface area contributed by atoms with Gasteiger partial charge in [0.05, 0.1) is 10.5 Å². The van der Waals surface area contributed by atoms with Gasteiger partial charge in [-0.05, 0) is 45.4 Å². The highest BCUT2D eigenvalue weighted by atomic mass is 79.9. The van der Waals surface area contributed by atoms with Crippen molar-refractivity contribution in [3.8, 4) is 0 Å². The lowest BCUT2D eigenvalue weighted by atomic mass is 10.1. The van der Waals surface area contributed by atoms with Crippen LogP contribution in [-0.4, -0.2) is 25.0 Å². The SMILES string of the molecule is Cc1c(Br)cc(C(=O)O)cc1S(=O)(=O)NC(C)(C)C. The molecule has 1 aromatic carbocycles. The molecular weight excluding hydrogens is 334 g/mol. The van der Waals surface area contributed by atoms with Gasteiger partial charge in [-0.2, -0.15) is 0 Å². The third-order valence-electron chi connectivity index (χ3n) is 2.27. The zero-order valence-electron chi connectivity index (χ0n) is 11.1. The molecule has 7 heteroatoms. The second kappa shape index (κ2) is 5.22. The van der Waals surface area contributed by atoms with E-state index in [4.69, 9.17) is 5.11 Å². The van der Waals surface area contributed by atoms with Crippen LogP contribution in [0.3, 0.4) is 0 Å². The molecule has 0 aliphatic carbocycles. The van der Waals surface area contributed by atoms with Gasteiger partial charge in [-0.15, -0.1) is 0 Å². The van der Waals surface area contributed by atoms with E-state index in [-0.39, 0.29) is 10.5 Å². The summed E-state index contributed by atoms with van der Waals surface area (Å²) in [5.41, 5.74) is -0.245. The Bertz CT molecular complexity index is 617. The number of carboxylic acid groups (broad SMARTS) is 1. The highest BCUT2D eigenvalue weighted by Crippen LogP contribution is 2.26. The molecule has 1 rings (SSSR count). The number of sulfonamides is 1. The maximum absolute atomic E-state index is 12.3. The highest BCUT2D eigenvalue weighted by molar-refractivity contribution is 9.10. The number of nitrogens with one attached hydrogen (secondary N) is 1. The van der Waals surface area contributed by atoms with Crippen LogP contribution in [0.2, 0.25) is 0 Å². The second-order valence-corrected chi connectivity index (χ2v) is 7.75. The zero-order chi connectivity index (χ0) is 15.0. The second-order valence-electron chi connectivity index (χ2n) is 5.24. The number of rotatable bonds is 3. The minimum Gasteiger partial charge on any atom is -0.478 e. The van der Waals surface area contributed by atoms with Crippen LogP contribution in [0.4, 0.5) is 0 Å². The standard InChI is InChI=1S/C12H16BrNO4S/c1-7-9(13)5-8(11(15)16)6-10(7)19(17,18)14-12(2,3)4/h5-6,14H,1-4H3,(H,15,16). The van der Waals surface area contributed by atoms with Crippen molar-refractivity contribution in [1.82, 2.24) is 4.72 Å². The van der Waals surface area contributed by atoms with E-state index in [0.717, 1.165) is 6.07 Å². The van der Waals surface area contributed by atoms with Crippen LogP contribution in [-0.2, 0) is 10.0 Å². The van der Waals surface area contributed by atoms with Gasteiger partial charge < -0.3 is 5.11 Å². The van der Waals surface area contributed by atoms with Crippen molar-refractivity contribution >= 4 is 31.9 Å². The lowest BCUT2D eigenvalue weighted by Gasteiger charge is -2.21. The molecule has 0 heterocycles. The Morgan fingerprint density at radius 2 is 1.84 bits per heavy atom. The third kappa shape index (κ3) is 4.02. The summed E-state index contributed by atoms with van der Waals surface area (Å²) >= 11 is 3.18. The molecule has 0 unspecified atom stereocenters. The lowest BCUT2D eigenvalue weighted by molar-refractivity contribution is 0.0696. The minimum absolute atomic E-state index is 0.0331. The zero-order valence-corrected chi connectivity index (χ0v) is 13.5. The van der Waals surface area contributed by atoms with Crippen LogP contribution >= 0.6 is 15.9 Å². The molecule has 0 fully saturated rings. The van der Waals surface area contributed by atoms with Gasteiger partial charge in [0.1, 0.15) is 0 Å². The quantitative estimate of drug-likeness (QED) is 0.878. The normalized spacial score (nSPS) is 12.5. The van der Waals surface area contributed by atoms with Crippen LogP contribution in [0.1, 0.15) is 36.7 Å². The molecule has 0 bridgehead atoms. The van der Waals surface area contributed by atoms with Gasteiger partial charge in [0, 0.05) is 10.0 Å². The van der Waals surface area contributed by atoms with E-state index in [1.165, 1.54) is 6.07 Å². The fourth-order valence-electron chi connectivity index (χ4n) is 1.51. The predicted molar refractivity (Wildman–Crippen MR) is 75.9 cm³/mol. The number of benzene rings is 1. The Morgan fingerprint density at radius 1 is 1.32 bits per heavy atom. The topological polar surface area (TPSA) is 83.5 Å². The molecule has 0 radical (unpaired) electrons. The average molecular weight is 350 g/mol. The summed E-state index contributed by atoms with van der Waals surface area (Å²) < 4.78 is 27.5. The number of carboxylic acids is 1. The van der Waals surface area contributed by atoms with Crippen molar-refractivity contribution in [1.29, 1.82) is 0 Å². The first kappa shape index (κ1) is 16.1. The maximum Gasteiger partial charge on any atom is 0.335 e. The Balaban J connectivity index is 3.46. The van der Waals surface area contributed by atoms with E-state index in [1.807, 2.05) is 0 Å². The van der Waals surface area contributed by atoms with E-state index >= 15 is 0 Å². The maximum atomic E-state index is 12.3. The van der Waals surface area contributed by atoms with Crippen molar-refractivity contribution in [3.63, 3.8) is 0 Å². The van der Waals surface area contributed by atoms with Crippen molar-refractivity contribution in [2.45, 2.75) is 38.1 Å². The molecule has 5 nitrogen and oxygen atoms in total. The van der Waals surface area contributed by atoms with Gasteiger partial charge in [0.25, 0.3) is 0 Å². The number of aromatic carboxylic acids is 1. The van der Waals surface area contributed by atoms with Crippen molar-refractivity contribution in [3.05, 3.63) is 27.7 Å². The van der Waals surface area contributed by atoms with Crippen molar-refractivity contribution in [2.75, 3.05) is 0 Å².